The first-order chi connectivity index (χ1) is 9.65. The third-order valence-corrected chi connectivity index (χ3v) is 4.40. The minimum atomic E-state index is -0.0331. The topological polar surface area (TPSA) is 82.1 Å². The van der Waals surface area contributed by atoms with Gasteiger partial charge in [0, 0.05) is 25.2 Å². The Hall–Kier alpha value is -1.69. The third-order valence-electron chi connectivity index (χ3n) is 4.40. The van der Waals surface area contributed by atoms with Crippen LogP contribution in [0.1, 0.15) is 31.9 Å². The largest absolute Gasteiger partial charge is 0.382 e. The van der Waals surface area contributed by atoms with Crippen LogP contribution in [0.4, 0.5) is 5.82 Å². The molecule has 0 amide bonds. The molecule has 2 aliphatic rings. The van der Waals surface area contributed by atoms with Crippen molar-refractivity contribution < 1.29 is 0 Å². The van der Waals surface area contributed by atoms with Gasteiger partial charge in [-0.2, -0.15) is 0 Å². The number of fused-ring (bicyclic) bond motifs is 1. The van der Waals surface area contributed by atoms with Crippen molar-refractivity contribution in [2.75, 3.05) is 24.5 Å². The average Bonchev–Trinajstić information content (AvgIpc) is 2.46. The van der Waals surface area contributed by atoms with Gasteiger partial charge in [-0.15, -0.1) is 0 Å². The van der Waals surface area contributed by atoms with E-state index in [1.54, 1.807) is 12.4 Å². The quantitative estimate of drug-likeness (QED) is 0.616. The van der Waals surface area contributed by atoms with Crippen LogP contribution in [0, 0.1) is 5.41 Å². The first-order valence-corrected chi connectivity index (χ1v) is 7.32. The van der Waals surface area contributed by atoms with Gasteiger partial charge in [-0.3, -0.25) is 10.3 Å². The standard InChI is InChI=1S/C14H22N6/c1-10-8-19-5-3-2-4-11(19)9-20(10)13-7-17-12(6-18-13)14(15)16/h6-7,10-11H,2-5,8-9H2,1H3,(H3,15,16). The minimum Gasteiger partial charge on any atom is -0.382 e. The van der Waals surface area contributed by atoms with Crippen LogP contribution in [0.2, 0.25) is 0 Å². The second-order valence-electron chi connectivity index (χ2n) is 5.82. The lowest BCUT2D eigenvalue weighted by atomic mass is 9.97. The molecule has 20 heavy (non-hydrogen) atoms. The summed E-state index contributed by atoms with van der Waals surface area (Å²) in [5.41, 5.74) is 5.86. The molecule has 0 spiro atoms. The zero-order valence-electron chi connectivity index (χ0n) is 11.9. The second-order valence-corrected chi connectivity index (χ2v) is 5.82. The molecule has 0 radical (unpaired) electrons. The van der Waals surface area contributed by atoms with Gasteiger partial charge in [0.15, 0.2) is 0 Å². The molecule has 108 valence electrons. The maximum Gasteiger partial charge on any atom is 0.147 e. The summed E-state index contributed by atoms with van der Waals surface area (Å²) in [4.78, 5) is 13.6. The van der Waals surface area contributed by atoms with Gasteiger partial charge >= 0.3 is 0 Å². The number of nitrogens with two attached hydrogens (primary N) is 1. The van der Waals surface area contributed by atoms with Crippen LogP contribution in [-0.2, 0) is 0 Å². The van der Waals surface area contributed by atoms with Crippen LogP contribution in [0.25, 0.3) is 0 Å². The number of amidine groups is 1. The van der Waals surface area contributed by atoms with E-state index in [0.29, 0.717) is 17.8 Å². The lowest BCUT2D eigenvalue weighted by Crippen LogP contribution is -2.59. The van der Waals surface area contributed by atoms with E-state index in [4.69, 9.17) is 11.1 Å². The fourth-order valence-corrected chi connectivity index (χ4v) is 3.28. The molecule has 3 N–H and O–H groups in total. The fourth-order valence-electron chi connectivity index (χ4n) is 3.28. The highest BCUT2D eigenvalue weighted by molar-refractivity contribution is 5.92. The van der Waals surface area contributed by atoms with E-state index in [2.05, 4.69) is 26.7 Å². The maximum absolute atomic E-state index is 7.37. The number of aromatic nitrogens is 2. The highest BCUT2D eigenvalue weighted by Crippen LogP contribution is 2.26. The van der Waals surface area contributed by atoms with Crippen LogP contribution in [0.15, 0.2) is 12.4 Å². The van der Waals surface area contributed by atoms with E-state index in [0.717, 1.165) is 18.9 Å². The third kappa shape index (κ3) is 2.47. The van der Waals surface area contributed by atoms with Crippen LogP contribution in [0.3, 0.4) is 0 Å². The van der Waals surface area contributed by atoms with Gasteiger partial charge < -0.3 is 10.6 Å². The number of hydrogen-bond acceptors (Lipinski definition) is 5. The Kier molecular flexibility index (Phi) is 3.56. The summed E-state index contributed by atoms with van der Waals surface area (Å²) < 4.78 is 0. The summed E-state index contributed by atoms with van der Waals surface area (Å²) in [6, 6.07) is 1.09. The summed E-state index contributed by atoms with van der Waals surface area (Å²) >= 11 is 0. The van der Waals surface area contributed by atoms with Crippen LogP contribution < -0.4 is 10.6 Å². The molecule has 2 atom stereocenters. The van der Waals surface area contributed by atoms with E-state index >= 15 is 0 Å². The van der Waals surface area contributed by atoms with Crippen LogP contribution in [0.5, 0.6) is 0 Å². The molecule has 0 saturated carbocycles. The zero-order valence-corrected chi connectivity index (χ0v) is 11.9. The number of nitrogen functional groups attached to an aromatic ring is 1. The number of piperidine rings is 1. The maximum atomic E-state index is 7.37. The first-order valence-electron chi connectivity index (χ1n) is 7.32. The molecule has 2 unspecified atom stereocenters. The van der Waals surface area contributed by atoms with Crippen molar-refractivity contribution in [1.29, 1.82) is 5.41 Å². The molecule has 3 heterocycles. The predicted molar refractivity (Wildman–Crippen MR) is 79.1 cm³/mol. The highest BCUT2D eigenvalue weighted by Gasteiger charge is 2.33. The molecular formula is C14H22N6. The molecule has 0 bridgehead atoms. The lowest BCUT2D eigenvalue weighted by molar-refractivity contribution is 0.115. The van der Waals surface area contributed by atoms with Crippen molar-refractivity contribution in [2.24, 2.45) is 5.73 Å². The van der Waals surface area contributed by atoms with Crippen molar-refractivity contribution >= 4 is 11.7 Å². The summed E-state index contributed by atoms with van der Waals surface area (Å²) in [5, 5.41) is 7.37. The molecule has 2 fully saturated rings. The van der Waals surface area contributed by atoms with Gasteiger partial charge in [0.05, 0.1) is 12.4 Å². The Morgan fingerprint density at radius 1 is 1.30 bits per heavy atom. The normalized spacial score (nSPS) is 27.1. The van der Waals surface area contributed by atoms with Crippen molar-refractivity contribution in [3.63, 3.8) is 0 Å². The van der Waals surface area contributed by atoms with E-state index in [-0.39, 0.29) is 5.84 Å². The van der Waals surface area contributed by atoms with E-state index in [1.807, 2.05) is 0 Å². The van der Waals surface area contributed by atoms with Crippen molar-refractivity contribution in [2.45, 2.75) is 38.3 Å². The molecule has 6 heteroatoms. The number of hydrogen-bond donors (Lipinski definition) is 2. The Morgan fingerprint density at radius 3 is 2.85 bits per heavy atom. The number of piperazine rings is 1. The first kappa shape index (κ1) is 13.3. The Balaban J connectivity index is 1.77. The number of nitrogens with one attached hydrogen (secondary N) is 1. The van der Waals surface area contributed by atoms with Gasteiger partial charge in [0.2, 0.25) is 0 Å². The van der Waals surface area contributed by atoms with Crippen molar-refractivity contribution in [3.05, 3.63) is 18.1 Å². The van der Waals surface area contributed by atoms with Crippen molar-refractivity contribution in [1.82, 2.24) is 14.9 Å². The van der Waals surface area contributed by atoms with Gasteiger partial charge in [0.1, 0.15) is 17.3 Å². The average molecular weight is 274 g/mol. The molecule has 1 aromatic heterocycles. The van der Waals surface area contributed by atoms with Crippen LogP contribution >= 0.6 is 0 Å². The van der Waals surface area contributed by atoms with E-state index in [9.17, 15) is 0 Å². The Labute approximate surface area is 119 Å². The number of rotatable bonds is 2. The summed E-state index contributed by atoms with van der Waals surface area (Å²) in [6.45, 7) is 5.60. The SMILES string of the molecule is CC1CN2CCCCC2CN1c1cnc(C(=N)N)cn1. The highest BCUT2D eigenvalue weighted by atomic mass is 15.3. The number of anilines is 1. The molecule has 6 nitrogen and oxygen atoms in total. The second kappa shape index (κ2) is 5.36. The summed E-state index contributed by atoms with van der Waals surface area (Å²) in [5.74, 6) is 0.863. The smallest absolute Gasteiger partial charge is 0.147 e. The lowest BCUT2D eigenvalue weighted by Gasteiger charge is -2.47. The fraction of sp³-hybridized carbons (Fsp3) is 0.643. The zero-order chi connectivity index (χ0) is 14.1. The van der Waals surface area contributed by atoms with Gasteiger partial charge in [-0.25, -0.2) is 9.97 Å². The molecule has 0 aliphatic carbocycles. The van der Waals surface area contributed by atoms with Gasteiger partial charge in [-0.1, -0.05) is 6.42 Å². The monoisotopic (exact) mass is 274 g/mol. The van der Waals surface area contributed by atoms with E-state index < -0.39 is 0 Å². The molecule has 3 rings (SSSR count). The van der Waals surface area contributed by atoms with E-state index in [1.165, 1.54) is 25.8 Å². The molecule has 1 aromatic rings. The van der Waals surface area contributed by atoms with Crippen LogP contribution in [-0.4, -0.2) is 52.4 Å². The number of nitrogens with zero attached hydrogens (tertiary/aromatic N) is 4. The van der Waals surface area contributed by atoms with Gasteiger partial charge in [-0.05, 0) is 26.3 Å². The van der Waals surface area contributed by atoms with Crippen molar-refractivity contribution in [3.8, 4) is 0 Å². The Bertz CT molecular complexity index is 485. The predicted octanol–water partition coefficient (Wildman–Crippen LogP) is 0.824. The molecule has 2 aliphatic heterocycles. The summed E-state index contributed by atoms with van der Waals surface area (Å²) in [7, 11) is 0. The summed E-state index contributed by atoms with van der Waals surface area (Å²) in [6.07, 6.45) is 7.28. The molecule has 0 aromatic carbocycles. The molecule has 2 saturated heterocycles. The van der Waals surface area contributed by atoms with Gasteiger partial charge in [0.25, 0.3) is 0 Å². The minimum absolute atomic E-state index is 0.0331. The Morgan fingerprint density at radius 2 is 2.15 bits per heavy atom. The molecular weight excluding hydrogens is 252 g/mol.